The number of halogens is 1. The van der Waals surface area contributed by atoms with Gasteiger partial charge in [-0.05, 0) is 72.0 Å². The Kier molecular flexibility index (Phi) is 11.3. The van der Waals surface area contributed by atoms with Gasteiger partial charge in [-0.2, -0.15) is 0 Å². The number of thioether (sulfide) groups is 1. The first kappa shape index (κ1) is 29.3. The van der Waals surface area contributed by atoms with E-state index in [4.69, 9.17) is 14.5 Å². The Morgan fingerprint density at radius 2 is 1.26 bits per heavy atom. The van der Waals surface area contributed by atoms with Gasteiger partial charge in [0.1, 0.15) is 11.5 Å². The van der Waals surface area contributed by atoms with E-state index in [1.165, 1.54) is 22.3 Å². The van der Waals surface area contributed by atoms with Crippen molar-refractivity contribution in [3.8, 4) is 11.5 Å². The van der Waals surface area contributed by atoms with Gasteiger partial charge in [0.25, 0.3) is 0 Å². The van der Waals surface area contributed by atoms with E-state index in [2.05, 4.69) is 91.5 Å². The molecular weight excluding hydrogens is 556 g/mol. The van der Waals surface area contributed by atoms with Gasteiger partial charge in [0, 0.05) is 18.8 Å². The predicted molar refractivity (Wildman–Crippen MR) is 166 cm³/mol. The number of hydrogen-bond donors (Lipinski definition) is 0. The number of amidine groups is 1. The summed E-state index contributed by atoms with van der Waals surface area (Å²) in [6.45, 7) is 5.68. The predicted octanol–water partition coefficient (Wildman–Crippen LogP) is 8.52. The van der Waals surface area contributed by atoms with Gasteiger partial charge in [-0.25, -0.2) is 4.99 Å². The van der Waals surface area contributed by atoms with Gasteiger partial charge in [0.15, 0.2) is 5.17 Å². The molecule has 0 bridgehead atoms. The molecule has 0 aliphatic heterocycles. The molecule has 0 saturated carbocycles. The maximum Gasteiger partial charge on any atom is 0.165 e. The van der Waals surface area contributed by atoms with E-state index in [1.54, 1.807) is 26.0 Å². The highest BCUT2D eigenvalue weighted by Gasteiger charge is 2.16. The van der Waals surface area contributed by atoms with Crippen LogP contribution in [0, 0.1) is 13.8 Å². The van der Waals surface area contributed by atoms with Gasteiger partial charge in [0.2, 0.25) is 0 Å². The lowest BCUT2D eigenvalue weighted by Gasteiger charge is -2.27. The molecule has 38 heavy (non-hydrogen) atoms. The van der Waals surface area contributed by atoms with Gasteiger partial charge >= 0.3 is 0 Å². The molecule has 198 valence electrons. The van der Waals surface area contributed by atoms with Crippen molar-refractivity contribution in [1.82, 2.24) is 4.90 Å². The highest BCUT2D eigenvalue weighted by molar-refractivity contribution is 8.93. The van der Waals surface area contributed by atoms with Gasteiger partial charge in [-0.1, -0.05) is 78.5 Å². The maximum absolute atomic E-state index is 5.38. The Labute approximate surface area is 241 Å². The van der Waals surface area contributed by atoms with Crippen LogP contribution < -0.4 is 9.47 Å². The van der Waals surface area contributed by atoms with Gasteiger partial charge in [-0.3, -0.25) is 0 Å². The first-order chi connectivity index (χ1) is 18.0. The van der Waals surface area contributed by atoms with Crippen LogP contribution in [0.1, 0.15) is 27.8 Å². The lowest BCUT2D eigenvalue weighted by molar-refractivity contribution is 0.405. The maximum atomic E-state index is 5.38. The van der Waals surface area contributed by atoms with E-state index in [9.17, 15) is 0 Å². The Morgan fingerprint density at radius 3 is 1.79 bits per heavy atom. The third-order valence-electron chi connectivity index (χ3n) is 6.13. The molecule has 0 radical (unpaired) electrons. The van der Waals surface area contributed by atoms with Crippen molar-refractivity contribution in [3.05, 3.63) is 125 Å². The SMILES string of the molecule is Br.COc1ccc(CN(Cc2ccc(OC)cc2)C(=Nc2cc(C)ccc2C)SCc2ccccc2)cc1. The van der Waals surface area contributed by atoms with E-state index < -0.39 is 0 Å². The fourth-order valence-corrected chi connectivity index (χ4v) is 4.92. The largest absolute Gasteiger partial charge is 0.497 e. The van der Waals surface area contributed by atoms with Crippen molar-refractivity contribution < 1.29 is 9.47 Å². The smallest absolute Gasteiger partial charge is 0.165 e. The summed E-state index contributed by atoms with van der Waals surface area (Å²) in [6.07, 6.45) is 0. The summed E-state index contributed by atoms with van der Waals surface area (Å²) < 4.78 is 10.8. The average Bonchev–Trinajstić information content (AvgIpc) is 2.94. The van der Waals surface area contributed by atoms with Crippen LogP contribution >= 0.6 is 28.7 Å². The molecule has 4 nitrogen and oxygen atoms in total. The van der Waals surface area contributed by atoms with E-state index >= 15 is 0 Å². The molecule has 0 aliphatic rings. The molecule has 0 saturated heterocycles. The van der Waals surface area contributed by atoms with Crippen molar-refractivity contribution in [1.29, 1.82) is 0 Å². The Hall–Kier alpha value is -3.22. The number of rotatable bonds is 9. The third kappa shape index (κ3) is 8.40. The molecular formula is C32H35BrN2O2S. The van der Waals surface area contributed by atoms with Crippen molar-refractivity contribution >= 4 is 39.6 Å². The zero-order valence-electron chi connectivity index (χ0n) is 22.4. The minimum Gasteiger partial charge on any atom is -0.497 e. The van der Waals surface area contributed by atoms with Gasteiger partial charge in [0.05, 0.1) is 19.9 Å². The molecule has 4 aromatic rings. The van der Waals surface area contributed by atoms with Crippen molar-refractivity contribution in [2.45, 2.75) is 32.7 Å². The number of hydrogen-bond acceptors (Lipinski definition) is 4. The molecule has 6 heteroatoms. The molecule has 0 aromatic heterocycles. The Morgan fingerprint density at radius 1 is 0.711 bits per heavy atom. The zero-order valence-corrected chi connectivity index (χ0v) is 24.9. The number of nitrogens with zero attached hydrogens (tertiary/aromatic N) is 2. The second-order valence-electron chi connectivity index (χ2n) is 9.01. The highest BCUT2D eigenvalue weighted by Crippen LogP contribution is 2.27. The fourth-order valence-electron chi connectivity index (χ4n) is 3.95. The average molecular weight is 592 g/mol. The van der Waals surface area contributed by atoms with Crippen LogP contribution in [0.3, 0.4) is 0 Å². The quantitative estimate of drug-likeness (QED) is 0.144. The summed E-state index contributed by atoms with van der Waals surface area (Å²) in [5, 5.41) is 0.990. The number of benzene rings is 4. The third-order valence-corrected chi connectivity index (χ3v) is 7.21. The van der Waals surface area contributed by atoms with Gasteiger partial charge in [-0.15, -0.1) is 17.0 Å². The Bertz CT molecular complexity index is 1260. The molecule has 0 heterocycles. The lowest BCUT2D eigenvalue weighted by atomic mass is 10.1. The van der Waals surface area contributed by atoms with Crippen LogP contribution in [0.2, 0.25) is 0 Å². The van der Waals surface area contributed by atoms with Crippen LogP contribution in [0.4, 0.5) is 5.69 Å². The van der Waals surface area contributed by atoms with Crippen molar-refractivity contribution in [3.63, 3.8) is 0 Å². The summed E-state index contributed by atoms with van der Waals surface area (Å²) >= 11 is 1.77. The monoisotopic (exact) mass is 590 g/mol. The summed E-state index contributed by atoms with van der Waals surface area (Å²) in [6, 6.07) is 33.5. The molecule has 0 aliphatic carbocycles. The summed E-state index contributed by atoms with van der Waals surface area (Å²) in [5.41, 5.74) is 7.04. The first-order valence-corrected chi connectivity index (χ1v) is 13.4. The van der Waals surface area contributed by atoms with E-state index in [0.717, 1.165) is 46.8 Å². The van der Waals surface area contributed by atoms with Crippen LogP contribution in [0.25, 0.3) is 0 Å². The number of methoxy groups -OCH3 is 2. The van der Waals surface area contributed by atoms with Gasteiger partial charge < -0.3 is 14.4 Å². The molecule has 0 spiro atoms. The normalized spacial score (nSPS) is 11.0. The van der Waals surface area contributed by atoms with E-state index in [0.29, 0.717) is 0 Å². The second kappa shape index (κ2) is 14.6. The fraction of sp³-hybridized carbons (Fsp3) is 0.219. The second-order valence-corrected chi connectivity index (χ2v) is 9.95. The standard InChI is InChI=1S/C32H34N2O2S.BrH/c1-24-10-11-25(2)31(20-24)33-32(37-23-28-8-6-5-7-9-28)34(21-26-12-16-29(35-3)17-13-26)22-27-14-18-30(36-4)19-15-27;/h5-20H,21-23H2,1-4H3;1H. The number of aryl methyl sites for hydroxylation is 2. The highest BCUT2D eigenvalue weighted by atomic mass is 79.9. The lowest BCUT2D eigenvalue weighted by Crippen LogP contribution is -2.28. The van der Waals surface area contributed by atoms with E-state index in [-0.39, 0.29) is 17.0 Å². The minimum absolute atomic E-state index is 0. The van der Waals surface area contributed by atoms with E-state index in [1.807, 2.05) is 24.3 Å². The van der Waals surface area contributed by atoms with Crippen LogP contribution in [-0.4, -0.2) is 24.3 Å². The molecule has 0 N–H and O–H groups in total. The molecule has 4 rings (SSSR count). The molecule has 0 unspecified atom stereocenters. The molecule has 0 amide bonds. The minimum atomic E-state index is 0. The van der Waals surface area contributed by atoms with Crippen molar-refractivity contribution in [2.75, 3.05) is 14.2 Å². The molecule has 0 atom stereocenters. The van der Waals surface area contributed by atoms with Crippen molar-refractivity contribution in [2.24, 2.45) is 4.99 Å². The topological polar surface area (TPSA) is 34.1 Å². The van der Waals surface area contributed by atoms with Crippen LogP contribution in [0.5, 0.6) is 11.5 Å². The molecule has 4 aromatic carbocycles. The molecule has 0 fully saturated rings. The van der Waals surface area contributed by atoms with Crippen LogP contribution in [-0.2, 0) is 18.8 Å². The summed E-state index contributed by atoms with van der Waals surface area (Å²) in [5.74, 6) is 2.55. The summed E-state index contributed by atoms with van der Waals surface area (Å²) in [7, 11) is 3.39. The zero-order chi connectivity index (χ0) is 26.0. The number of aliphatic imine (C=N–C) groups is 1. The Balaban J connectivity index is 0.00000400. The summed E-state index contributed by atoms with van der Waals surface area (Å²) in [4.78, 5) is 7.61. The number of ether oxygens (including phenoxy) is 2. The first-order valence-electron chi connectivity index (χ1n) is 12.4. The van der Waals surface area contributed by atoms with Crippen LogP contribution in [0.15, 0.2) is 102 Å².